The smallest absolute Gasteiger partial charge is 0.306 e. The molecule has 320 valence electrons. The van der Waals surface area contributed by atoms with Crippen LogP contribution in [0.5, 0.6) is 0 Å². The maximum atomic E-state index is 12.7. The average molecular weight is 789 g/mol. The van der Waals surface area contributed by atoms with E-state index >= 15 is 0 Å². The second kappa shape index (κ2) is 44.8. The zero-order chi connectivity index (χ0) is 41.5. The molecule has 0 aliphatic carbocycles. The van der Waals surface area contributed by atoms with Gasteiger partial charge in [0.1, 0.15) is 13.2 Å². The zero-order valence-corrected chi connectivity index (χ0v) is 36.3. The average Bonchev–Trinajstić information content (AvgIpc) is 3.21. The fraction of sp³-hybridized carbons (Fsp3) is 0.588. The van der Waals surface area contributed by atoms with Crippen LogP contribution in [0.4, 0.5) is 0 Å². The normalized spacial score (nSPS) is 13.1. The van der Waals surface area contributed by atoms with Gasteiger partial charge in [-0.25, -0.2) is 0 Å². The molecule has 1 unspecified atom stereocenters. The van der Waals surface area contributed by atoms with E-state index in [1.165, 1.54) is 25.7 Å². The molecule has 0 fully saturated rings. The van der Waals surface area contributed by atoms with Gasteiger partial charge in [-0.1, -0.05) is 162 Å². The van der Waals surface area contributed by atoms with Gasteiger partial charge in [0, 0.05) is 19.3 Å². The lowest BCUT2D eigenvalue weighted by Gasteiger charge is -2.18. The monoisotopic (exact) mass is 789 g/mol. The molecule has 57 heavy (non-hydrogen) atoms. The Labute approximate surface area is 349 Å². The van der Waals surface area contributed by atoms with E-state index in [2.05, 4.69) is 130 Å². The Morgan fingerprint density at radius 1 is 0.368 bits per heavy atom. The van der Waals surface area contributed by atoms with Gasteiger partial charge >= 0.3 is 17.9 Å². The third-order valence-corrected chi connectivity index (χ3v) is 8.74. The van der Waals surface area contributed by atoms with Crippen LogP contribution in [0.25, 0.3) is 0 Å². The van der Waals surface area contributed by atoms with Crippen LogP contribution in [0.3, 0.4) is 0 Å². The van der Waals surface area contributed by atoms with Gasteiger partial charge in [-0.3, -0.25) is 14.4 Å². The molecule has 0 aromatic heterocycles. The van der Waals surface area contributed by atoms with Crippen molar-refractivity contribution in [2.75, 3.05) is 13.2 Å². The van der Waals surface area contributed by atoms with Crippen LogP contribution >= 0.6 is 0 Å². The SMILES string of the molecule is CC/C=C\C/C=C\C/C=C\C/C=C\C/C=C\CCCC(=O)OCC(COC(=O)CCCCCCC/C=C\CCCC)OC(=O)CCC/C=C\C/C=C\C/C=C\CC. The van der Waals surface area contributed by atoms with Crippen molar-refractivity contribution in [2.45, 2.75) is 181 Å². The minimum Gasteiger partial charge on any atom is -0.462 e. The predicted molar refractivity (Wildman–Crippen MR) is 242 cm³/mol. The largest absolute Gasteiger partial charge is 0.462 e. The molecular formula is C51H80O6. The lowest BCUT2D eigenvalue weighted by Crippen LogP contribution is -2.30. The summed E-state index contributed by atoms with van der Waals surface area (Å²) in [5.41, 5.74) is 0. The Balaban J connectivity index is 4.55. The molecule has 0 spiro atoms. The van der Waals surface area contributed by atoms with Crippen LogP contribution in [-0.2, 0) is 28.6 Å². The van der Waals surface area contributed by atoms with Crippen LogP contribution in [0, 0.1) is 0 Å². The second-order valence-electron chi connectivity index (χ2n) is 14.2. The van der Waals surface area contributed by atoms with E-state index in [-0.39, 0.29) is 44.0 Å². The molecule has 0 aliphatic heterocycles. The third kappa shape index (κ3) is 43.0. The van der Waals surface area contributed by atoms with E-state index in [4.69, 9.17) is 14.2 Å². The van der Waals surface area contributed by atoms with Crippen LogP contribution in [0.2, 0.25) is 0 Å². The fourth-order valence-electron chi connectivity index (χ4n) is 5.42. The summed E-state index contributed by atoms with van der Waals surface area (Å²) in [5.74, 6) is -1.06. The summed E-state index contributed by atoms with van der Waals surface area (Å²) in [5, 5.41) is 0. The van der Waals surface area contributed by atoms with Crippen molar-refractivity contribution < 1.29 is 28.6 Å². The van der Waals surface area contributed by atoms with Gasteiger partial charge in [-0.05, 0) is 103 Å². The van der Waals surface area contributed by atoms with Gasteiger partial charge in [-0.15, -0.1) is 0 Å². The molecule has 0 aromatic carbocycles. The third-order valence-electron chi connectivity index (χ3n) is 8.74. The van der Waals surface area contributed by atoms with Crippen molar-refractivity contribution in [3.05, 3.63) is 109 Å². The van der Waals surface area contributed by atoms with Crippen molar-refractivity contribution in [3.8, 4) is 0 Å². The predicted octanol–water partition coefficient (Wildman–Crippen LogP) is 14.4. The summed E-state index contributed by atoms with van der Waals surface area (Å²) < 4.78 is 16.6. The molecule has 6 heteroatoms. The highest BCUT2D eigenvalue weighted by atomic mass is 16.6. The van der Waals surface area contributed by atoms with Gasteiger partial charge in [0.15, 0.2) is 6.10 Å². The number of unbranched alkanes of at least 4 members (excludes halogenated alkanes) is 9. The highest BCUT2D eigenvalue weighted by Gasteiger charge is 2.19. The van der Waals surface area contributed by atoms with E-state index in [1.807, 2.05) is 0 Å². The molecule has 0 amide bonds. The Bertz CT molecular complexity index is 1230. The highest BCUT2D eigenvalue weighted by Crippen LogP contribution is 2.11. The first kappa shape index (κ1) is 53.1. The zero-order valence-electron chi connectivity index (χ0n) is 36.3. The quantitative estimate of drug-likeness (QED) is 0.0268. The van der Waals surface area contributed by atoms with E-state index in [9.17, 15) is 14.4 Å². The van der Waals surface area contributed by atoms with Crippen LogP contribution in [0.1, 0.15) is 175 Å². The number of carbonyl (C=O) groups is 3. The number of rotatable bonds is 38. The van der Waals surface area contributed by atoms with Crippen LogP contribution < -0.4 is 0 Å². The molecule has 0 saturated carbocycles. The molecular weight excluding hydrogens is 709 g/mol. The summed E-state index contributed by atoms with van der Waals surface area (Å²) in [6.45, 7) is 6.22. The first-order valence-electron chi connectivity index (χ1n) is 22.4. The van der Waals surface area contributed by atoms with E-state index in [0.29, 0.717) is 19.3 Å². The van der Waals surface area contributed by atoms with Crippen molar-refractivity contribution in [3.63, 3.8) is 0 Å². The first-order chi connectivity index (χ1) is 28.0. The van der Waals surface area contributed by atoms with Gasteiger partial charge in [0.05, 0.1) is 0 Å². The minimum atomic E-state index is -0.829. The molecule has 1 atom stereocenters. The molecule has 0 aliphatic rings. The summed E-state index contributed by atoms with van der Waals surface area (Å²) >= 11 is 0. The fourth-order valence-corrected chi connectivity index (χ4v) is 5.42. The molecule has 0 aromatic rings. The van der Waals surface area contributed by atoms with Crippen molar-refractivity contribution in [1.29, 1.82) is 0 Å². The molecule has 0 radical (unpaired) electrons. The lowest BCUT2D eigenvalue weighted by molar-refractivity contribution is -0.167. The summed E-state index contributed by atoms with van der Waals surface area (Å²) in [6, 6.07) is 0. The number of hydrogen-bond acceptors (Lipinski definition) is 6. The Hall–Kier alpha value is -3.93. The van der Waals surface area contributed by atoms with E-state index in [1.54, 1.807) is 0 Å². The maximum Gasteiger partial charge on any atom is 0.306 e. The number of allylic oxidation sites excluding steroid dienone is 18. The topological polar surface area (TPSA) is 78.9 Å². The second-order valence-corrected chi connectivity index (χ2v) is 14.2. The molecule has 0 N–H and O–H groups in total. The first-order valence-corrected chi connectivity index (χ1v) is 22.4. The van der Waals surface area contributed by atoms with E-state index < -0.39 is 6.10 Å². The van der Waals surface area contributed by atoms with Crippen molar-refractivity contribution >= 4 is 17.9 Å². The lowest BCUT2D eigenvalue weighted by atomic mass is 10.1. The number of carbonyl (C=O) groups excluding carboxylic acids is 3. The summed E-state index contributed by atoms with van der Waals surface area (Å²) in [7, 11) is 0. The van der Waals surface area contributed by atoms with Gasteiger partial charge in [0.2, 0.25) is 0 Å². The summed E-state index contributed by atoms with van der Waals surface area (Å²) in [4.78, 5) is 37.7. The van der Waals surface area contributed by atoms with Crippen molar-refractivity contribution in [2.24, 2.45) is 0 Å². The molecule has 0 heterocycles. The van der Waals surface area contributed by atoms with Gasteiger partial charge in [0.25, 0.3) is 0 Å². The van der Waals surface area contributed by atoms with Gasteiger partial charge < -0.3 is 14.2 Å². The van der Waals surface area contributed by atoms with E-state index in [0.717, 1.165) is 96.3 Å². The maximum absolute atomic E-state index is 12.7. The van der Waals surface area contributed by atoms with Crippen molar-refractivity contribution in [1.82, 2.24) is 0 Å². The Morgan fingerprint density at radius 3 is 1.16 bits per heavy atom. The molecule has 0 saturated heterocycles. The standard InChI is InChI=1S/C51H80O6/c1-4-7-10-13-16-19-22-23-24-25-26-27-30-32-35-38-41-44-50(53)56-47-48(57-51(54)45-42-39-36-33-29-21-18-15-12-9-6-3)46-55-49(52)43-40-37-34-31-28-20-17-14-11-8-5-2/h7,9-10,12,14,16-19,21,23-24,26-27,32-33,35-36,48H,4-6,8,11,13,15,20,22,25,28-31,34,37-47H2,1-3H3/b10-7-,12-9-,17-14-,19-16-,21-18-,24-23-,27-26-,35-32-,36-33-. The van der Waals surface area contributed by atoms with Crippen LogP contribution in [-0.4, -0.2) is 37.2 Å². The summed E-state index contributed by atoms with van der Waals surface area (Å²) in [6.07, 6.45) is 59.4. The molecule has 0 rings (SSSR count). The number of hydrogen-bond donors (Lipinski definition) is 0. The number of ether oxygens (including phenoxy) is 3. The number of esters is 3. The highest BCUT2D eigenvalue weighted by molar-refractivity contribution is 5.71. The minimum absolute atomic E-state index is 0.123. The molecule has 0 bridgehead atoms. The molecule has 6 nitrogen and oxygen atoms in total. The van der Waals surface area contributed by atoms with Gasteiger partial charge in [-0.2, -0.15) is 0 Å². The Kier molecular flexibility index (Phi) is 41.7. The Morgan fingerprint density at radius 2 is 0.702 bits per heavy atom. The van der Waals surface area contributed by atoms with Crippen LogP contribution in [0.15, 0.2) is 109 Å².